The van der Waals surface area contributed by atoms with E-state index in [0.717, 1.165) is 12.5 Å². The fraction of sp³-hybridized carbons (Fsp3) is 0.769. The van der Waals surface area contributed by atoms with Crippen LogP contribution in [0.3, 0.4) is 0 Å². The topological polar surface area (TPSA) is 44.8 Å². The fourth-order valence-corrected chi connectivity index (χ4v) is 12.5. The van der Waals surface area contributed by atoms with Gasteiger partial charge in [0.1, 0.15) is 19.5 Å². The lowest BCUT2D eigenvalue weighted by Crippen LogP contribution is -2.33. The first-order chi connectivity index (χ1) is 9.66. The minimum atomic E-state index is -1.48. The smallest absolute Gasteiger partial charge is 0.330 e. The summed E-state index contributed by atoms with van der Waals surface area (Å²) in [6, 6.07) is 3.54. The highest BCUT2D eigenvalue weighted by Crippen LogP contribution is 2.15. The van der Waals surface area contributed by atoms with E-state index in [4.69, 9.17) is 13.0 Å². The lowest BCUT2D eigenvalue weighted by Gasteiger charge is -2.24. The standard InChI is InChI=1S/C13H32O4Si4/c1-7-13(14)15-9-8-10-18-17-21(5,6)12-11-19-16-20(2,3)4/h7H,1,8-12,18-19H2,2-6H3. The predicted molar refractivity (Wildman–Crippen MR) is 100 cm³/mol. The van der Waals surface area contributed by atoms with Crippen molar-refractivity contribution in [3.63, 3.8) is 0 Å². The molecular formula is C13H32O4Si4. The summed E-state index contributed by atoms with van der Waals surface area (Å²) in [5.41, 5.74) is 0. The number of hydrogen-bond acceptors (Lipinski definition) is 4. The molecular weight excluding hydrogens is 332 g/mol. The van der Waals surface area contributed by atoms with E-state index in [1.165, 1.54) is 18.2 Å². The normalized spacial score (nSPS) is 13.4. The van der Waals surface area contributed by atoms with E-state index in [9.17, 15) is 4.79 Å². The highest BCUT2D eigenvalue weighted by molar-refractivity contribution is 6.76. The summed E-state index contributed by atoms with van der Waals surface area (Å²) >= 11 is 0. The second kappa shape index (κ2) is 10.7. The van der Waals surface area contributed by atoms with Crippen molar-refractivity contribution in [1.82, 2.24) is 0 Å². The van der Waals surface area contributed by atoms with E-state index in [1.807, 2.05) is 0 Å². The minimum absolute atomic E-state index is 0.334. The van der Waals surface area contributed by atoms with Crippen LogP contribution < -0.4 is 0 Å². The average Bonchev–Trinajstić information content (AvgIpc) is 2.37. The number of hydrogen-bond donors (Lipinski definition) is 0. The molecule has 0 N–H and O–H groups in total. The summed E-state index contributed by atoms with van der Waals surface area (Å²) in [4.78, 5) is 10.9. The predicted octanol–water partition coefficient (Wildman–Crippen LogP) is 2.18. The van der Waals surface area contributed by atoms with E-state index in [1.54, 1.807) is 0 Å². The van der Waals surface area contributed by atoms with Crippen LogP contribution in [0.2, 0.25) is 50.9 Å². The van der Waals surface area contributed by atoms with Gasteiger partial charge in [0.25, 0.3) is 0 Å². The molecule has 0 unspecified atom stereocenters. The molecule has 0 aliphatic heterocycles. The van der Waals surface area contributed by atoms with Gasteiger partial charge in [-0.1, -0.05) is 6.58 Å². The number of rotatable bonds is 12. The molecule has 0 rings (SSSR count). The molecule has 0 aliphatic carbocycles. The largest absolute Gasteiger partial charge is 0.463 e. The van der Waals surface area contributed by atoms with Crippen LogP contribution in [0.4, 0.5) is 0 Å². The van der Waals surface area contributed by atoms with Gasteiger partial charge in [-0.25, -0.2) is 4.79 Å². The van der Waals surface area contributed by atoms with Crippen LogP contribution in [0, 0.1) is 0 Å². The third kappa shape index (κ3) is 14.7. The molecule has 8 heteroatoms. The van der Waals surface area contributed by atoms with Gasteiger partial charge in [-0.2, -0.15) is 0 Å². The number of esters is 1. The van der Waals surface area contributed by atoms with Crippen LogP contribution in [0.5, 0.6) is 0 Å². The molecule has 0 atom stereocenters. The molecule has 0 aromatic rings. The van der Waals surface area contributed by atoms with E-state index >= 15 is 0 Å². The van der Waals surface area contributed by atoms with Crippen molar-refractivity contribution in [2.24, 2.45) is 0 Å². The summed E-state index contributed by atoms with van der Waals surface area (Å²) in [5, 5.41) is 0. The first kappa shape index (κ1) is 21.0. The highest BCUT2D eigenvalue weighted by atomic mass is 28.4. The molecule has 124 valence electrons. The van der Waals surface area contributed by atoms with Crippen molar-refractivity contribution < 1.29 is 17.8 Å². The number of carbonyl (C=O) groups excluding carboxylic acids is 1. The van der Waals surface area contributed by atoms with Gasteiger partial charge in [-0.3, -0.25) is 0 Å². The lowest BCUT2D eigenvalue weighted by molar-refractivity contribution is -0.137. The average molecular weight is 365 g/mol. The third-order valence-corrected chi connectivity index (χ3v) is 14.8. The maximum Gasteiger partial charge on any atom is 0.330 e. The van der Waals surface area contributed by atoms with E-state index in [2.05, 4.69) is 39.3 Å². The molecule has 0 amide bonds. The summed E-state index contributed by atoms with van der Waals surface area (Å²) in [6.07, 6.45) is 2.11. The molecule has 21 heavy (non-hydrogen) atoms. The third-order valence-electron chi connectivity index (χ3n) is 2.90. The zero-order chi connectivity index (χ0) is 16.4. The van der Waals surface area contributed by atoms with Crippen LogP contribution in [0.15, 0.2) is 12.7 Å². The zero-order valence-corrected chi connectivity index (χ0v) is 19.2. The van der Waals surface area contributed by atoms with Crippen molar-refractivity contribution in [2.75, 3.05) is 6.61 Å². The quantitative estimate of drug-likeness (QED) is 0.230. The Kier molecular flexibility index (Phi) is 10.7. The summed E-state index contributed by atoms with van der Waals surface area (Å²) in [7, 11) is -3.62. The van der Waals surface area contributed by atoms with Crippen LogP contribution in [-0.4, -0.2) is 48.7 Å². The Morgan fingerprint density at radius 1 is 1.10 bits per heavy atom. The van der Waals surface area contributed by atoms with Crippen molar-refractivity contribution in [2.45, 2.75) is 57.3 Å². The molecule has 0 spiro atoms. The van der Waals surface area contributed by atoms with Crippen LogP contribution >= 0.6 is 0 Å². The van der Waals surface area contributed by atoms with Crippen LogP contribution in [0.25, 0.3) is 0 Å². The molecule has 0 aromatic heterocycles. The molecule has 0 aromatic carbocycles. The summed E-state index contributed by atoms with van der Waals surface area (Å²) in [6.45, 7) is 15.2. The van der Waals surface area contributed by atoms with Gasteiger partial charge in [0, 0.05) is 6.08 Å². The van der Waals surface area contributed by atoms with Gasteiger partial charge < -0.3 is 13.0 Å². The maximum absolute atomic E-state index is 10.9. The number of carbonyl (C=O) groups is 1. The van der Waals surface area contributed by atoms with E-state index in [-0.39, 0.29) is 15.7 Å². The SMILES string of the molecule is C=CC(=O)OCCC[SiH2]O[Si](C)(C)CC[SiH2]O[Si](C)(C)C. The van der Waals surface area contributed by atoms with Gasteiger partial charge in [-0.15, -0.1) is 0 Å². The molecule has 0 aliphatic rings. The Hall–Kier alpha value is -0.00247. The molecule has 0 bridgehead atoms. The Morgan fingerprint density at radius 3 is 2.29 bits per heavy atom. The molecule has 0 radical (unpaired) electrons. The molecule has 0 heterocycles. The van der Waals surface area contributed by atoms with Crippen LogP contribution in [-0.2, 0) is 17.8 Å². The second-order valence-corrected chi connectivity index (χ2v) is 19.5. The summed E-state index contributed by atoms with van der Waals surface area (Å²) in [5.74, 6) is -0.334. The highest BCUT2D eigenvalue weighted by Gasteiger charge is 2.22. The van der Waals surface area contributed by atoms with Crippen molar-refractivity contribution in [3.05, 3.63) is 12.7 Å². The molecule has 0 fully saturated rings. The molecule has 0 saturated carbocycles. The first-order valence-corrected chi connectivity index (χ1v) is 17.4. The van der Waals surface area contributed by atoms with E-state index in [0.29, 0.717) is 6.61 Å². The number of ether oxygens (including phenoxy) is 1. The Labute approximate surface area is 136 Å². The van der Waals surface area contributed by atoms with Gasteiger partial charge in [-0.05, 0) is 57.3 Å². The van der Waals surface area contributed by atoms with Gasteiger partial charge >= 0.3 is 5.97 Å². The maximum atomic E-state index is 10.9. The summed E-state index contributed by atoms with van der Waals surface area (Å²) < 4.78 is 17.2. The molecule has 0 saturated heterocycles. The monoisotopic (exact) mass is 364 g/mol. The Morgan fingerprint density at radius 2 is 1.71 bits per heavy atom. The van der Waals surface area contributed by atoms with Crippen molar-refractivity contribution >= 4 is 42.1 Å². The van der Waals surface area contributed by atoms with Crippen molar-refractivity contribution in [3.8, 4) is 0 Å². The van der Waals surface area contributed by atoms with Gasteiger partial charge in [0.2, 0.25) is 0 Å². The minimum Gasteiger partial charge on any atom is -0.463 e. The Balaban J connectivity index is 3.59. The molecule has 4 nitrogen and oxygen atoms in total. The first-order valence-electron chi connectivity index (χ1n) is 7.73. The lowest BCUT2D eigenvalue weighted by atomic mass is 10.5. The van der Waals surface area contributed by atoms with Gasteiger partial charge in [0.15, 0.2) is 16.6 Å². The van der Waals surface area contributed by atoms with Crippen molar-refractivity contribution in [1.29, 1.82) is 0 Å². The van der Waals surface area contributed by atoms with E-state index < -0.39 is 26.4 Å². The fourth-order valence-electron chi connectivity index (χ4n) is 1.73. The zero-order valence-electron chi connectivity index (χ0n) is 14.4. The van der Waals surface area contributed by atoms with Gasteiger partial charge in [0.05, 0.1) is 6.61 Å². The van der Waals surface area contributed by atoms with Crippen LogP contribution in [0.1, 0.15) is 6.42 Å². The second-order valence-electron chi connectivity index (χ2n) is 6.75. The Bertz CT molecular complexity index is 316.